The first-order chi connectivity index (χ1) is 10.0. The van der Waals surface area contributed by atoms with Crippen LogP contribution in [0.4, 0.5) is 0 Å². The van der Waals surface area contributed by atoms with Crippen LogP contribution in [0.2, 0.25) is 0 Å². The number of hydrogen-bond acceptors (Lipinski definition) is 5. The van der Waals surface area contributed by atoms with Gasteiger partial charge < -0.3 is 9.47 Å². The Morgan fingerprint density at radius 3 is 2.19 bits per heavy atom. The smallest absolute Gasteiger partial charge is 0.311 e. The molecule has 0 saturated heterocycles. The van der Waals surface area contributed by atoms with Gasteiger partial charge in [0.2, 0.25) is 0 Å². The number of esters is 2. The molecule has 0 saturated carbocycles. The Morgan fingerprint density at radius 1 is 1.00 bits per heavy atom. The van der Waals surface area contributed by atoms with Gasteiger partial charge in [-0.1, -0.05) is 6.92 Å². The quantitative estimate of drug-likeness (QED) is 0.418. The van der Waals surface area contributed by atoms with Crippen LogP contribution in [-0.2, 0) is 14.3 Å². The molecule has 0 radical (unpaired) electrons. The molecule has 0 amide bonds. The second-order valence-corrected chi connectivity index (χ2v) is 4.63. The highest BCUT2D eigenvalue weighted by Gasteiger charge is 2.08. The van der Waals surface area contributed by atoms with E-state index in [9.17, 15) is 14.4 Å². The van der Waals surface area contributed by atoms with E-state index in [0.717, 1.165) is 6.42 Å². The second kappa shape index (κ2) is 8.89. The lowest BCUT2D eigenvalue weighted by Gasteiger charge is -2.05. The molecular weight excluding hydrogens is 272 g/mol. The first-order valence-electron chi connectivity index (χ1n) is 7.00. The SMILES string of the molecule is CCCOC(=O)CCCC(=O)Oc1ccc(C(C)=O)cc1. The highest BCUT2D eigenvalue weighted by molar-refractivity contribution is 5.94. The highest BCUT2D eigenvalue weighted by atomic mass is 16.5. The van der Waals surface area contributed by atoms with Crippen LogP contribution in [0.15, 0.2) is 24.3 Å². The summed E-state index contributed by atoms with van der Waals surface area (Å²) < 4.78 is 10.0. The number of carbonyl (C=O) groups excluding carboxylic acids is 3. The summed E-state index contributed by atoms with van der Waals surface area (Å²) in [5.41, 5.74) is 0.563. The predicted octanol–water partition coefficient (Wildman–Crippen LogP) is 2.92. The van der Waals surface area contributed by atoms with E-state index in [-0.39, 0.29) is 24.6 Å². The predicted molar refractivity (Wildman–Crippen MR) is 77.2 cm³/mol. The van der Waals surface area contributed by atoms with Crippen molar-refractivity contribution in [3.63, 3.8) is 0 Å². The molecule has 0 spiro atoms. The molecule has 0 fully saturated rings. The fourth-order valence-corrected chi connectivity index (χ4v) is 1.61. The van der Waals surface area contributed by atoms with E-state index in [0.29, 0.717) is 24.3 Å². The lowest BCUT2D eigenvalue weighted by Crippen LogP contribution is -2.10. The van der Waals surface area contributed by atoms with E-state index in [4.69, 9.17) is 9.47 Å². The van der Waals surface area contributed by atoms with Crippen LogP contribution < -0.4 is 4.74 Å². The van der Waals surface area contributed by atoms with Crippen LogP contribution in [0.1, 0.15) is 49.9 Å². The Morgan fingerprint density at radius 2 is 1.62 bits per heavy atom. The minimum atomic E-state index is -0.408. The molecule has 0 heterocycles. The Bertz CT molecular complexity index is 490. The van der Waals surface area contributed by atoms with Crippen molar-refractivity contribution in [3.8, 4) is 5.75 Å². The number of ketones is 1. The molecule has 1 rings (SSSR count). The molecule has 0 atom stereocenters. The Hall–Kier alpha value is -2.17. The van der Waals surface area contributed by atoms with Gasteiger partial charge in [0.1, 0.15) is 5.75 Å². The zero-order valence-corrected chi connectivity index (χ0v) is 12.4. The van der Waals surface area contributed by atoms with Crippen molar-refractivity contribution < 1.29 is 23.9 Å². The fraction of sp³-hybridized carbons (Fsp3) is 0.438. The Labute approximate surface area is 124 Å². The molecule has 5 nitrogen and oxygen atoms in total. The number of benzene rings is 1. The van der Waals surface area contributed by atoms with Crippen molar-refractivity contribution in [1.82, 2.24) is 0 Å². The van der Waals surface area contributed by atoms with Crippen LogP contribution in [0.3, 0.4) is 0 Å². The lowest BCUT2D eigenvalue weighted by atomic mass is 10.1. The zero-order chi connectivity index (χ0) is 15.7. The van der Waals surface area contributed by atoms with E-state index in [1.54, 1.807) is 24.3 Å². The normalized spacial score (nSPS) is 10.0. The molecule has 0 N–H and O–H groups in total. The monoisotopic (exact) mass is 292 g/mol. The van der Waals surface area contributed by atoms with Gasteiger partial charge in [-0.3, -0.25) is 14.4 Å². The summed E-state index contributed by atoms with van der Waals surface area (Å²) in [5, 5.41) is 0. The molecule has 5 heteroatoms. The number of rotatable bonds is 8. The van der Waals surface area contributed by atoms with Gasteiger partial charge in [0.25, 0.3) is 0 Å². The van der Waals surface area contributed by atoms with Gasteiger partial charge >= 0.3 is 11.9 Å². The van der Waals surface area contributed by atoms with E-state index < -0.39 is 5.97 Å². The van der Waals surface area contributed by atoms with E-state index in [2.05, 4.69) is 0 Å². The summed E-state index contributed by atoms with van der Waals surface area (Å²) in [6.07, 6.45) is 1.53. The third-order valence-electron chi connectivity index (χ3n) is 2.72. The first-order valence-corrected chi connectivity index (χ1v) is 7.00. The molecule has 0 aliphatic rings. The minimum absolute atomic E-state index is 0.0431. The number of Topliss-reactive ketones (excluding diaryl/α,β-unsaturated/α-hetero) is 1. The maximum absolute atomic E-state index is 11.6. The molecule has 1 aromatic rings. The summed E-state index contributed by atoms with van der Waals surface area (Å²) in [5.74, 6) is -0.360. The van der Waals surface area contributed by atoms with Crippen LogP contribution in [-0.4, -0.2) is 24.3 Å². The van der Waals surface area contributed by atoms with Gasteiger partial charge in [-0.15, -0.1) is 0 Å². The summed E-state index contributed by atoms with van der Waals surface area (Å²) in [7, 11) is 0. The molecule has 0 aromatic heterocycles. The van der Waals surface area contributed by atoms with E-state index >= 15 is 0 Å². The summed E-state index contributed by atoms with van der Waals surface area (Å²) in [6, 6.07) is 6.36. The Kier molecular flexibility index (Phi) is 7.15. The molecule has 114 valence electrons. The third-order valence-corrected chi connectivity index (χ3v) is 2.72. The molecule has 21 heavy (non-hydrogen) atoms. The Balaban J connectivity index is 2.30. The van der Waals surface area contributed by atoms with Gasteiger partial charge in [-0.25, -0.2) is 0 Å². The standard InChI is InChI=1S/C16H20O5/c1-3-11-20-15(18)5-4-6-16(19)21-14-9-7-13(8-10-14)12(2)17/h7-10H,3-6,11H2,1-2H3. The zero-order valence-electron chi connectivity index (χ0n) is 12.4. The van der Waals surface area contributed by atoms with Gasteiger partial charge in [-0.2, -0.15) is 0 Å². The van der Waals surface area contributed by atoms with Crippen LogP contribution in [0.25, 0.3) is 0 Å². The van der Waals surface area contributed by atoms with Crippen molar-refractivity contribution >= 4 is 17.7 Å². The molecule has 1 aromatic carbocycles. The lowest BCUT2D eigenvalue weighted by molar-refractivity contribution is -0.144. The average Bonchev–Trinajstić information content (AvgIpc) is 2.45. The fourth-order valence-electron chi connectivity index (χ4n) is 1.61. The van der Waals surface area contributed by atoms with E-state index in [1.807, 2.05) is 6.92 Å². The minimum Gasteiger partial charge on any atom is -0.466 e. The number of hydrogen-bond donors (Lipinski definition) is 0. The van der Waals surface area contributed by atoms with Gasteiger partial charge in [0, 0.05) is 18.4 Å². The topological polar surface area (TPSA) is 69.7 Å². The van der Waals surface area contributed by atoms with Crippen LogP contribution in [0, 0.1) is 0 Å². The molecule has 0 aliphatic heterocycles. The number of carbonyl (C=O) groups is 3. The largest absolute Gasteiger partial charge is 0.466 e. The van der Waals surface area contributed by atoms with Crippen LogP contribution in [0.5, 0.6) is 5.75 Å². The van der Waals surface area contributed by atoms with Crippen molar-refractivity contribution in [3.05, 3.63) is 29.8 Å². The third kappa shape index (κ3) is 6.70. The molecular formula is C16H20O5. The van der Waals surface area contributed by atoms with Gasteiger partial charge in [0.05, 0.1) is 6.61 Å². The van der Waals surface area contributed by atoms with Crippen LogP contribution >= 0.6 is 0 Å². The summed E-state index contributed by atoms with van der Waals surface area (Å²) in [6.45, 7) is 3.80. The maximum Gasteiger partial charge on any atom is 0.311 e. The second-order valence-electron chi connectivity index (χ2n) is 4.63. The molecule has 0 aliphatic carbocycles. The highest BCUT2D eigenvalue weighted by Crippen LogP contribution is 2.14. The molecule has 0 unspecified atom stereocenters. The first kappa shape index (κ1) is 16.9. The van der Waals surface area contributed by atoms with Crippen molar-refractivity contribution in [2.75, 3.05) is 6.61 Å². The van der Waals surface area contributed by atoms with Crippen molar-refractivity contribution in [2.24, 2.45) is 0 Å². The number of ether oxygens (including phenoxy) is 2. The average molecular weight is 292 g/mol. The summed E-state index contributed by atoms with van der Waals surface area (Å²) >= 11 is 0. The summed E-state index contributed by atoms with van der Waals surface area (Å²) in [4.78, 5) is 33.9. The maximum atomic E-state index is 11.6. The van der Waals surface area contributed by atoms with Gasteiger partial charge in [-0.05, 0) is 44.0 Å². The van der Waals surface area contributed by atoms with Crippen molar-refractivity contribution in [1.29, 1.82) is 0 Å². The van der Waals surface area contributed by atoms with E-state index in [1.165, 1.54) is 6.92 Å². The van der Waals surface area contributed by atoms with Gasteiger partial charge in [0.15, 0.2) is 5.78 Å². The van der Waals surface area contributed by atoms with Crippen molar-refractivity contribution in [2.45, 2.75) is 39.5 Å². The molecule has 0 bridgehead atoms.